The van der Waals surface area contributed by atoms with Crippen LogP contribution in [0, 0.1) is 0 Å². The number of ether oxygens (including phenoxy) is 1. The van der Waals surface area contributed by atoms with Crippen molar-refractivity contribution in [2.45, 2.75) is 18.5 Å². The third-order valence-corrected chi connectivity index (χ3v) is 3.69. The summed E-state index contributed by atoms with van der Waals surface area (Å²) < 4.78 is 4.56. The molecular formula is C13H18ClN3O2. The average molecular weight is 284 g/mol. The maximum absolute atomic E-state index is 11.1. The SMILES string of the molecule is COC(=O)Nc1ccc(N2C[C@@H]3C[C@H]2CN3)cc1.Cl. The largest absolute Gasteiger partial charge is 0.453 e. The van der Waals surface area contributed by atoms with E-state index in [1.807, 2.05) is 24.3 Å². The highest BCUT2D eigenvalue weighted by Gasteiger charge is 2.37. The lowest BCUT2D eigenvalue weighted by Crippen LogP contribution is -2.43. The fourth-order valence-corrected chi connectivity index (χ4v) is 2.78. The van der Waals surface area contributed by atoms with E-state index < -0.39 is 6.09 Å². The Labute approximate surface area is 118 Å². The summed E-state index contributed by atoms with van der Waals surface area (Å²) in [6.07, 6.45) is 0.800. The number of methoxy groups -OCH3 is 1. The molecule has 2 atom stereocenters. The zero-order valence-corrected chi connectivity index (χ0v) is 11.6. The highest BCUT2D eigenvalue weighted by molar-refractivity contribution is 5.85. The van der Waals surface area contributed by atoms with Gasteiger partial charge in [-0.1, -0.05) is 0 Å². The quantitative estimate of drug-likeness (QED) is 0.870. The molecule has 1 amide bonds. The second kappa shape index (κ2) is 5.67. The molecule has 2 aliphatic rings. The average Bonchev–Trinajstić information content (AvgIpc) is 3.02. The molecule has 19 heavy (non-hydrogen) atoms. The molecule has 1 aromatic rings. The van der Waals surface area contributed by atoms with Crippen molar-refractivity contribution in [1.29, 1.82) is 0 Å². The van der Waals surface area contributed by atoms with Gasteiger partial charge in [0.25, 0.3) is 0 Å². The van der Waals surface area contributed by atoms with Crippen LogP contribution in [-0.2, 0) is 4.74 Å². The molecule has 0 aromatic heterocycles. The second-order valence-corrected chi connectivity index (χ2v) is 4.81. The molecule has 2 N–H and O–H groups in total. The lowest BCUT2D eigenvalue weighted by molar-refractivity contribution is 0.187. The van der Waals surface area contributed by atoms with E-state index in [0.717, 1.165) is 18.8 Å². The molecule has 5 nitrogen and oxygen atoms in total. The van der Waals surface area contributed by atoms with Crippen molar-refractivity contribution in [3.63, 3.8) is 0 Å². The van der Waals surface area contributed by atoms with E-state index in [0.29, 0.717) is 12.1 Å². The number of amides is 1. The second-order valence-electron chi connectivity index (χ2n) is 4.81. The Morgan fingerprint density at radius 2 is 2.16 bits per heavy atom. The first-order chi connectivity index (χ1) is 8.76. The van der Waals surface area contributed by atoms with Gasteiger partial charge in [0.05, 0.1) is 7.11 Å². The molecule has 2 aliphatic heterocycles. The van der Waals surface area contributed by atoms with Crippen LogP contribution >= 0.6 is 12.4 Å². The summed E-state index contributed by atoms with van der Waals surface area (Å²) in [6.45, 7) is 2.15. The highest BCUT2D eigenvalue weighted by Crippen LogP contribution is 2.29. The van der Waals surface area contributed by atoms with Crippen LogP contribution < -0.4 is 15.5 Å². The van der Waals surface area contributed by atoms with Gasteiger partial charge in [0.15, 0.2) is 0 Å². The van der Waals surface area contributed by atoms with Gasteiger partial charge in [-0.2, -0.15) is 0 Å². The Balaban J connectivity index is 0.00000133. The first kappa shape index (κ1) is 14.0. The van der Waals surface area contributed by atoms with E-state index >= 15 is 0 Å². The molecule has 2 saturated heterocycles. The highest BCUT2D eigenvalue weighted by atomic mass is 35.5. The third kappa shape index (κ3) is 2.77. The van der Waals surface area contributed by atoms with Gasteiger partial charge in [-0.05, 0) is 30.7 Å². The van der Waals surface area contributed by atoms with Crippen molar-refractivity contribution in [3.05, 3.63) is 24.3 Å². The minimum absolute atomic E-state index is 0. The van der Waals surface area contributed by atoms with Crippen molar-refractivity contribution >= 4 is 29.9 Å². The number of carbonyl (C=O) groups excluding carboxylic acids is 1. The van der Waals surface area contributed by atoms with E-state index in [1.165, 1.54) is 19.2 Å². The molecule has 0 unspecified atom stereocenters. The number of nitrogens with one attached hydrogen (secondary N) is 2. The van der Waals surface area contributed by atoms with E-state index in [4.69, 9.17) is 0 Å². The number of anilines is 2. The summed E-state index contributed by atoms with van der Waals surface area (Å²) in [6, 6.07) is 9.17. The fourth-order valence-electron chi connectivity index (χ4n) is 2.78. The van der Waals surface area contributed by atoms with Crippen molar-refractivity contribution in [2.24, 2.45) is 0 Å². The summed E-state index contributed by atoms with van der Waals surface area (Å²) in [5.74, 6) is 0. The Hall–Kier alpha value is -1.46. The molecule has 0 spiro atoms. The summed E-state index contributed by atoms with van der Waals surface area (Å²) >= 11 is 0. The topological polar surface area (TPSA) is 53.6 Å². The Morgan fingerprint density at radius 3 is 2.68 bits per heavy atom. The van der Waals surface area contributed by atoms with Gasteiger partial charge in [0.1, 0.15) is 0 Å². The molecule has 2 bridgehead atoms. The number of carbonyl (C=O) groups is 1. The number of benzene rings is 1. The van der Waals surface area contributed by atoms with E-state index in [2.05, 4.69) is 20.3 Å². The van der Waals surface area contributed by atoms with Gasteiger partial charge in [-0.15, -0.1) is 12.4 Å². The Bertz CT molecular complexity index is 452. The monoisotopic (exact) mass is 283 g/mol. The maximum atomic E-state index is 11.1. The number of rotatable bonds is 2. The fraction of sp³-hybridized carbons (Fsp3) is 0.462. The van der Waals surface area contributed by atoms with Crippen LogP contribution in [0.25, 0.3) is 0 Å². The molecule has 1 aromatic carbocycles. The predicted molar refractivity (Wildman–Crippen MR) is 77.3 cm³/mol. The van der Waals surface area contributed by atoms with Crippen molar-refractivity contribution in [1.82, 2.24) is 5.32 Å². The van der Waals surface area contributed by atoms with Crippen LogP contribution in [0.15, 0.2) is 24.3 Å². The van der Waals surface area contributed by atoms with Crippen LogP contribution in [0.1, 0.15) is 6.42 Å². The van der Waals surface area contributed by atoms with Crippen LogP contribution in [0.2, 0.25) is 0 Å². The smallest absolute Gasteiger partial charge is 0.411 e. The molecule has 0 radical (unpaired) electrons. The van der Waals surface area contributed by atoms with Crippen molar-refractivity contribution < 1.29 is 9.53 Å². The summed E-state index contributed by atoms with van der Waals surface area (Å²) in [5.41, 5.74) is 1.98. The van der Waals surface area contributed by atoms with Gasteiger partial charge in [-0.25, -0.2) is 4.79 Å². The van der Waals surface area contributed by atoms with Crippen LogP contribution in [0.5, 0.6) is 0 Å². The normalized spacial score (nSPS) is 23.9. The van der Waals surface area contributed by atoms with Crippen molar-refractivity contribution in [3.8, 4) is 0 Å². The maximum Gasteiger partial charge on any atom is 0.411 e. The number of nitrogens with zero attached hydrogens (tertiary/aromatic N) is 1. The lowest BCUT2D eigenvalue weighted by Gasteiger charge is -2.29. The molecule has 2 heterocycles. The van der Waals surface area contributed by atoms with Crippen molar-refractivity contribution in [2.75, 3.05) is 30.4 Å². The number of halogens is 1. The van der Waals surface area contributed by atoms with E-state index in [-0.39, 0.29) is 12.4 Å². The molecular weight excluding hydrogens is 266 g/mol. The number of fused-ring (bicyclic) bond motifs is 2. The predicted octanol–water partition coefficient (Wildman–Crippen LogP) is 1.84. The van der Waals surface area contributed by atoms with Gasteiger partial charge in [-0.3, -0.25) is 5.32 Å². The number of piperazine rings is 1. The Kier molecular flexibility index (Phi) is 4.17. The van der Waals surface area contributed by atoms with Crippen LogP contribution in [0.4, 0.5) is 16.2 Å². The third-order valence-electron chi connectivity index (χ3n) is 3.69. The lowest BCUT2D eigenvalue weighted by atomic mass is 10.2. The molecule has 2 fully saturated rings. The van der Waals surface area contributed by atoms with Crippen LogP contribution in [0.3, 0.4) is 0 Å². The Morgan fingerprint density at radius 1 is 1.42 bits per heavy atom. The van der Waals surface area contributed by atoms with Gasteiger partial charge in [0, 0.05) is 36.5 Å². The van der Waals surface area contributed by atoms with E-state index in [9.17, 15) is 4.79 Å². The zero-order valence-electron chi connectivity index (χ0n) is 10.8. The number of hydrogen-bond acceptors (Lipinski definition) is 4. The summed E-state index contributed by atoms with van der Waals surface area (Å²) in [5, 5.41) is 6.14. The summed E-state index contributed by atoms with van der Waals surface area (Å²) in [7, 11) is 1.36. The first-order valence-corrected chi connectivity index (χ1v) is 6.21. The molecule has 6 heteroatoms. The minimum Gasteiger partial charge on any atom is -0.453 e. The van der Waals surface area contributed by atoms with Gasteiger partial charge >= 0.3 is 6.09 Å². The molecule has 0 aliphatic carbocycles. The first-order valence-electron chi connectivity index (χ1n) is 6.21. The van der Waals surface area contributed by atoms with Gasteiger partial charge in [0.2, 0.25) is 0 Å². The van der Waals surface area contributed by atoms with Crippen LogP contribution in [-0.4, -0.2) is 38.4 Å². The zero-order chi connectivity index (χ0) is 12.5. The molecule has 104 valence electrons. The van der Waals surface area contributed by atoms with Gasteiger partial charge < -0.3 is 15.0 Å². The standard InChI is InChI=1S/C13H17N3O2.ClH/c1-18-13(17)15-9-2-4-11(5-3-9)16-8-10-6-12(16)7-14-10;/h2-5,10,12,14H,6-8H2,1H3,(H,15,17);1H/t10-,12-;/m0./s1. The number of hydrogen-bond donors (Lipinski definition) is 2. The summed E-state index contributed by atoms with van der Waals surface area (Å²) in [4.78, 5) is 13.5. The minimum atomic E-state index is -0.438. The molecule has 3 rings (SSSR count). The van der Waals surface area contributed by atoms with E-state index in [1.54, 1.807) is 0 Å². The molecule has 0 saturated carbocycles.